The Morgan fingerprint density at radius 2 is 1.86 bits per heavy atom. The lowest BCUT2D eigenvalue weighted by Gasteiger charge is -2.22. The Morgan fingerprint density at radius 1 is 1.18 bits per heavy atom. The molecule has 1 aliphatic carbocycles. The van der Waals surface area contributed by atoms with Crippen molar-refractivity contribution in [3.63, 3.8) is 0 Å². The normalized spacial score (nSPS) is 20.0. The van der Waals surface area contributed by atoms with E-state index in [1.165, 1.54) is 34.4 Å². The fourth-order valence-electron chi connectivity index (χ4n) is 3.85. The Morgan fingerprint density at radius 3 is 2.54 bits per heavy atom. The summed E-state index contributed by atoms with van der Waals surface area (Å²) in [4.78, 5) is 0. The van der Waals surface area contributed by atoms with Gasteiger partial charge in [0, 0.05) is 12.6 Å². The largest absolute Gasteiger partial charge is 0.506 e. The summed E-state index contributed by atoms with van der Waals surface area (Å²) in [6.45, 7) is 6.75. The molecule has 0 saturated carbocycles. The summed E-state index contributed by atoms with van der Waals surface area (Å²) < 4.78 is 25.1. The molecule has 0 spiro atoms. The summed E-state index contributed by atoms with van der Waals surface area (Å²) in [5.74, 6) is 0.240. The van der Waals surface area contributed by atoms with Crippen molar-refractivity contribution >= 4 is 15.7 Å². The van der Waals surface area contributed by atoms with Crippen LogP contribution in [0.3, 0.4) is 0 Å². The first-order valence-electron chi connectivity index (χ1n) is 9.37. The molecular weight excluding hydrogens is 376 g/mol. The molecule has 0 aliphatic heterocycles. The molecule has 2 aromatic carbocycles. The molecule has 3 atom stereocenters. The van der Waals surface area contributed by atoms with Crippen molar-refractivity contribution < 1.29 is 18.6 Å². The maximum Gasteiger partial charge on any atom is 0.229 e. The lowest BCUT2D eigenvalue weighted by molar-refractivity contribution is 0.166. The maximum absolute atomic E-state index is 11.4. The smallest absolute Gasteiger partial charge is 0.229 e. The lowest BCUT2D eigenvalue weighted by atomic mass is 9.99. The minimum absolute atomic E-state index is 0.0599. The van der Waals surface area contributed by atoms with Crippen molar-refractivity contribution in [3.8, 4) is 5.75 Å². The molecule has 0 aromatic heterocycles. The number of phenols is 1. The second-order valence-electron chi connectivity index (χ2n) is 7.87. The molecule has 0 heterocycles. The highest BCUT2D eigenvalue weighted by Crippen LogP contribution is 2.37. The number of nitrogens with one attached hydrogen (secondary N) is 2. The number of hydrogen-bond donors (Lipinski definition) is 4. The molecule has 2 aromatic rings. The Hall–Kier alpha value is -2.09. The Bertz CT molecular complexity index is 988. The summed E-state index contributed by atoms with van der Waals surface area (Å²) >= 11 is 0. The number of aliphatic hydroxyl groups excluding tert-OH is 1. The van der Waals surface area contributed by atoms with Gasteiger partial charge in [0.1, 0.15) is 5.75 Å². The lowest BCUT2D eigenvalue weighted by Crippen LogP contribution is -2.28. The second-order valence-corrected chi connectivity index (χ2v) is 9.62. The van der Waals surface area contributed by atoms with Crippen LogP contribution in [0.4, 0.5) is 5.69 Å². The first kappa shape index (κ1) is 20.6. The molecule has 1 aliphatic rings. The highest BCUT2D eigenvalue weighted by atomic mass is 32.2. The van der Waals surface area contributed by atoms with Crippen molar-refractivity contribution in [1.82, 2.24) is 5.32 Å². The van der Waals surface area contributed by atoms with Crippen LogP contribution < -0.4 is 10.0 Å². The quantitative estimate of drug-likeness (QED) is 0.555. The van der Waals surface area contributed by atoms with E-state index in [-0.39, 0.29) is 17.5 Å². The van der Waals surface area contributed by atoms with E-state index in [9.17, 15) is 18.6 Å². The van der Waals surface area contributed by atoms with Gasteiger partial charge in [-0.1, -0.05) is 25.1 Å². The fourth-order valence-corrected chi connectivity index (χ4v) is 4.41. The van der Waals surface area contributed by atoms with E-state index in [4.69, 9.17) is 0 Å². The van der Waals surface area contributed by atoms with Crippen molar-refractivity contribution in [2.45, 2.75) is 39.3 Å². The fraction of sp³-hybridized carbons (Fsp3) is 0.429. The van der Waals surface area contributed by atoms with Crippen LogP contribution in [0, 0.1) is 19.8 Å². The summed E-state index contributed by atoms with van der Waals surface area (Å²) in [5.41, 5.74) is 5.78. The standard InChI is InChI=1S/C21H28N2O4S/c1-12-7-16-8-14(3)21(17(16)9-13(12)2)22-11-20(25)15-5-6-19(24)18(10-15)23-28(4,26)27/h5-7,9-10,14,20-25H,8,11H2,1-4H3/t14?,20?,21-/m1/s1. The van der Waals surface area contributed by atoms with E-state index in [1.54, 1.807) is 6.07 Å². The molecule has 0 amide bonds. The van der Waals surface area contributed by atoms with Crippen LogP contribution in [-0.2, 0) is 16.4 Å². The summed E-state index contributed by atoms with van der Waals surface area (Å²) in [7, 11) is -3.52. The monoisotopic (exact) mass is 404 g/mol. The summed E-state index contributed by atoms with van der Waals surface area (Å²) in [5, 5.41) is 23.9. The number of phenolic OH excluding ortho intramolecular Hbond substituents is 1. The first-order chi connectivity index (χ1) is 13.0. The van der Waals surface area contributed by atoms with E-state index >= 15 is 0 Å². The van der Waals surface area contributed by atoms with Gasteiger partial charge >= 0.3 is 0 Å². The molecule has 152 valence electrons. The number of fused-ring (bicyclic) bond motifs is 1. The third-order valence-corrected chi connectivity index (χ3v) is 6.02. The van der Waals surface area contributed by atoms with Crippen molar-refractivity contribution in [2.24, 2.45) is 5.92 Å². The van der Waals surface area contributed by atoms with Crippen molar-refractivity contribution in [1.29, 1.82) is 0 Å². The van der Waals surface area contributed by atoms with Gasteiger partial charge in [-0.3, -0.25) is 4.72 Å². The van der Waals surface area contributed by atoms with Crippen LogP contribution in [0.5, 0.6) is 5.75 Å². The minimum atomic E-state index is -3.52. The van der Waals surface area contributed by atoms with Crippen molar-refractivity contribution in [3.05, 3.63) is 58.1 Å². The zero-order valence-corrected chi connectivity index (χ0v) is 17.5. The molecule has 7 heteroatoms. The average molecular weight is 405 g/mol. The highest BCUT2D eigenvalue weighted by molar-refractivity contribution is 7.92. The molecule has 0 bridgehead atoms. The molecular formula is C21H28N2O4S. The number of benzene rings is 2. The summed E-state index contributed by atoms with van der Waals surface area (Å²) in [6, 6.07) is 9.08. The van der Waals surface area contributed by atoms with Gasteiger partial charge in [-0.05, 0) is 66.1 Å². The third kappa shape index (κ3) is 4.48. The molecule has 4 N–H and O–H groups in total. The first-order valence-corrected chi connectivity index (χ1v) is 11.3. The molecule has 28 heavy (non-hydrogen) atoms. The van der Waals surface area contributed by atoms with Crippen LogP contribution in [-0.4, -0.2) is 31.4 Å². The van der Waals surface area contributed by atoms with Gasteiger partial charge in [-0.25, -0.2) is 8.42 Å². The maximum atomic E-state index is 11.4. The van der Waals surface area contributed by atoms with Gasteiger partial charge in [-0.15, -0.1) is 0 Å². The number of sulfonamides is 1. The zero-order chi connectivity index (χ0) is 20.6. The zero-order valence-electron chi connectivity index (χ0n) is 16.7. The predicted molar refractivity (Wildman–Crippen MR) is 111 cm³/mol. The highest BCUT2D eigenvalue weighted by Gasteiger charge is 2.30. The number of anilines is 1. The SMILES string of the molecule is Cc1cc2c(cc1C)[C@H](NCC(O)c1ccc(O)c(NS(C)(=O)=O)c1)C(C)C2. The van der Waals surface area contributed by atoms with Gasteiger partial charge in [0.25, 0.3) is 0 Å². The van der Waals surface area contributed by atoms with E-state index in [1.807, 2.05) is 0 Å². The second kappa shape index (κ2) is 7.73. The topological polar surface area (TPSA) is 98.7 Å². The van der Waals surface area contributed by atoms with Gasteiger partial charge in [0.05, 0.1) is 18.0 Å². The summed E-state index contributed by atoms with van der Waals surface area (Å²) in [6.07, 6.45) is 1.19. The number of rotatable bonds is 6. The Kier molecular flexibility index (Phi) is 5.70. The van der Waals surface area contributed by atoms with E-state index in [0.717, 1.165) is 12.7 Å². The molecule has 2 unspecified atom stereocenters. The van der Waals surface area contributed by atoms with Gasteiger partial charge in [0.2, 0.25) is 10.0 Å². The predicted octanol–water partition coefficient (Wildman–Crippen LogP) is 2.94. The number of hydrogen-bond acceptors (Lipinski definition) is 5. The van der Waals surface area contributed by atoms with E-state index in [0.29, 0.717) is 18.0 Å². The molecule has 0 saturated heterocycles. The van der Waals surface area contributed by atoms with E-state index < -0.39 is 16.1 Å². The molecule has 0 radical (unpaired) electrons. The number of aryl methyl sites for hydroxylation is 2. The van der Waals surface area contributed by atoms with Crippen LogP contribution in [0.2, 0.25) is 0 Å². The minimum Gasteiger partial charge on any atom is -0.506 e. The Balaban J connectivity index is 1.74. The van der Waals surface area contributed by atoms with Gasteiger partial charge in [-0.2, -0.15) is 0 Å². The van der Waals surface area contributed by atoms with Crippen LogP contribution in [0.15, 0.2) is 30.3 Å². The molecule has 3 rings (SSSR count). The average Bonchev–Trinajstić information content (AvgIpc) is 2.88. The van der Waals surface area contributed by atoms with Crippen molar-refractivity contribution in [2.75, 3.05) is 17.5 Å². The van der Waals surface area contributed by atoms with Gasteiger partial charge < -0.3 is 15.5 Å². The van der Waals surface area contributed by atoms with Crippen LogP contribution >= 0.6 is 0 Å². The number of aliphatic hydroxyl groups is 1. The van der Waals surface area contributed by atoms with Crippen LogP contribution in [0.1, 0.15) is 46.9 Å². The Labute approximate surface area is 166 Å². The van der Waals surface area contributed by atoms with Crippen LogP contribution in [0.25, 0.3) is 0 Å². The molecule has 0 fully saturated rings. The number of aromatic hydroxyl groups is 1. The van der Waals surface area contributed by atoms with E-state index in [2.05, 4.69) is 42.9 Å². The molecule has 6 nitrogen and oxygen atoms in total. The third-order valence-electron chi connectivity index (χ3n) is 5.43. The van der Waals surface area contributed by atoms with Gasteiger partial charge in [0.15, 0.2) is 0 Å².